The lowest BCUT2D eigenvalue weighted by atomic mass is 10.2. The molecule has 0 bridgehead atoms. The average molecular weight is 383 g/mol. The summed E-state index contributed by atoms with van der Waals surface area (Å²) in [6, 6.07) is 8.33. The molecule has 146 valence electrons. The quantitative estimate of drug-likeness (QED) is 0.686. The monoisotopic (exact) mass is 382 g/mol. The Bertz CT molecular complexity index is 713. The van der Waals surface area contributed by atoms with E-state index in [1.807, 2.05) is 25.1 Å². The summed E-state index contributed by atoms with van der Waals surface area (Å²) in [4.78, 5) is 18.5. The summed E-state index contributed by atoms with van der Waals surface area (Å²) in [7, 11) is 0.359. The second kappa shape index (κ2) is 8.83. The molecule has 0 aliphatic carbocycles. The molecule has 1 amide bonds. The molecule has 0 N–H and O–H groups in total. The zero-order valence-electron chi connectivity index (χ0n) is 16.2. The van der Waals surface area contributed by atoms with Gasteiger partial charge in [0.2, 0.25) is 15.9 Å². The fourth-order valence-electron chi connectivity index (χ4n) is 2.96. The van der Waals surface area contributed by atoms with Gasteiger partial charge in [0.05, 0.1) is 12.8 Å². The van der Waals surface area contributed by atoms with Gasteiger partial charge in [0.25, 0.3) is 0 Å². The molecule has 1 aromatic rings. The van der Waals surface area contributed by atoms with Gasteiger partial charge in [0.1, 0.15) is 0 Å². The molecule has 1 heterocycles. The summed E-state index contributed by atoms with van der Waals surface area (Å²) in [5, 5.41) is 0. The standard InChI is InChI=1S/C18H30N4O3S/c1-16-6-5-7-17(14-16)20-9-11-21(12-10-20)18(23)15-22(26(4,24)25)13-8-19(2)3/h5-7,14H,8-13,15H2,1-4H3. The maximum Gasteiger partial charge on any atom is 0.238 e. The van der Waals surface area contributed by atoms with Gasteiger partial charge in [-0.25, -0.2) is 8.42 Å². The third-order valence-corrected chi connectivity index (χ3v) is 5.83. The molecule has 0 atom stereocenters. The zero-order chi connectivity index (χ0) is 19.3. The molecule has 1 saturated heterocycles. The molecule has 0 aromatic heterocycles. The van der Waals surface area contributed by atoms with E-state index in [-0.39, 0.29) is 12.5 Å². The van der Waals surface area contributed by atoms with Gasteiger partial charge >= 0.3 is 0 Å². The average Bonchev–Trinajstić information content (AvgIpc) is 2.57. The number of nitrogens with zero attached hydrogens (tertiary/aromatic N) is 4. The van der Waals surface area contributed by atoms with Crippen LogP contribution in [0.4, 0.5) is 5.69 Å². The number of carbonyl (C=O) groups is 1. The van der Waals surface area contributed by atoms with Crippen molar-refractivity contribution in [1.29, 1.82) is 0 Å². The van der Waals surface area contributed by atoms with Crippen LogP contribution in [-0.4, -0.2) is 94.6 Å². The Balaban J connectivity index is 1.92. The van der Waals surface area contributed by atoms with Crippen molar-refractivity contribution in [2.24, 2.45) is 0 Å². The second-order valence-corrected chi connectivity index (χ2v) is 9.09. The summed E-state index contributed by atoms with van der Waals surface area (Å²) in [5.41, 5.74) is 2.38. The summed E-state index contributed by atoms with van der Waals surface area (Å²) in [6.45, 7) is 5.61. The highest BCUT2D eigenvalue weighted by atomic mass is 32.2. The molecule has 0 spiro atoms. The minimum Gasteiger partial charge on any atom is -0.368 e. The Morgan fingerprint density at radius 2 is 1.77 bits per heavy atom. The van der Waals surface area contributed by atoms with Crippen molar-refractivity contribution < 1.29 is 13.2 Å². The maximum absolute atomic E-state index is 12.6. The van der Waals surface area contributed by atoms with Crippen LogP contribution < -0.4 is 4.90 Å². The first-order valence-electron chi connectivity index (χ1n) is 8.86. The summed E-state index contributed by atoms with van der Waals surface area (Å²) in [6.07, 6.45) is 1.16. The number of likely N-dealkylation sites (N-methyl/N-ethyl adjacent to an activating group) is 1. The second-order valence-electron chi connectivity index (χ2n) is 7.11. The molecule has 26 heavy (non-hydrogen) atoms. The van der Waals surface area contributed by atoms with E-state index < -0.39 is 10.0 Å². The molecule has 1 aromatic carbocycles. The van der Waals surface area contributed by atoms with Crippen LogP contribution in [0, 0.1) is 6.92 Å². The molecule has 2 rings (SSSR count). The van der Waals surface area contributed by atoms with Crippen molar-refractivity contribution in [1.82, 2.24) is 14.1 Å². The van der Waals surface area contributed by atoms with Crippen molar-refractivity contribution in [3.8, 4) is 0 Å². The molecule has 0 saturated carbocycles. The number of carbonyl (C=O) groups excluding carboxylic acids is 1. The summed E-state index contributed by atoms with van der Waals surface area (Å²) < 4.78 is 25.2. The van der Waals surface area contributed by atoms with Gasteiger partial charge in [-0.05, 0) is 38.7 Å². The molecule has 8 heteroatoms. The highest BCUT2D eigenvalue weighted by Crippen LogP contribution is 2.18. The van der Waals surface area contributed by atoms with Crippen molar-refractivity contribution >= 4 is 21.6 Å². The largest absolute Gasteiger partial charge is 0.368 e. The van der Waals surface area contributed by atoms with E-state index in [1.54, 1.807) is 4.90 Å². The Labute approximate surface area is 157 Å². The minimum atomic E-state index is -3.40. The third-order valence-electron chi connectivity index (χ3n) is 4.58. The molecule has 0 radical (unpaired) electrons. The molecular weight excluding hydrogens is 352 g/mol. The molecule has 1 fully saturated rings. The Morgan fingerprint density at radius 1 is 1.12 bits per heavy atom. The zero-order valence-corrected chi connectivity index (χ0v) is 17.0. The highest BCUT2D eigenvalue weighted by molar-refractivity contribution is 7.88. The minimum absolute atomic E-state index is 0.0862. The van der Waals surface area contributed by atoms with Crippen LogP contribution in [0.1, 0.15) is 5.56 Å². The van der Waals surface area contributed by atoms with E-state index >= 15 is 0 Å². The van der Waals surface area contributed by atoms with Crippen LogP contribution in [0.15, 0.2) is 24.3 Å². The van der Waals surface area contributed by atoms with E-state index in [2.05, 4.69) is 30.0 Å². The predicted octanol–water partition coefficient (Wildman–Crippen LogP) is 0.467. The fraction of sp³-hybridized carbons (Fsp3) is 0.611. The van der Waals surface area contributed by atoms with Gasteiger partial charge in [0, 0.05) is 45.0 Å². The number of sulfonamides is 1. The highest BCUT2D eigenvalue weighted by Gasteiger charge is 2.26. The fourth-order valence-corrected chi connectivity index (χ4v) is 3.72. The van der Waals surface area contributed by atoms with Gasteiger partial charge in [-0.2, -0.15) is 4.31 Å². The first-order valence-corrected chi connectivity index (χ1v) is 10.7. The van der Waals surface area contributed by atoms with Crippen molar-refractivity contribution in [3.05, 3.63) is 29.8 Å². The van der Waals surface area contributed by atoms with E-state index in [0.717, 1.165) is 19.3 Å². The van der Waals surface area contributed by atoms with E-state index in [0.29, 0.717) is 26.2 Å². The molecule has 1 aliphatic heterocycles. The van der Waals surface area contributed by atoms with Gasteiger partial charge in [-0.15, -0.1) is 0 Å². The van der Waals surface area contributed by atoms with Gasteiger partial charge in [-0.1, -0.05) is 12.1 Å². The number of piperazine rings is 1. The van der Waals surface area contributed by atoms with E-state index in [4.69, 9.17) is 0 Å². The normalized spacial score (nSPS) is 15.8. The number of anilines is 1. The lowest BCUT2D eigenvalue weighted by molar-refractivity contribution is -0.131. The van der Waals surface area contributed by atoms with Crippen LogP contribution in [-0.2, 0) is 14.8 Å². The number of amides is 1. The molecular formula is C18H30N4O3S. The smallest absolute Gasteiger partial charge is 0.238 e. The maximum atomic E-state index is 12.6. The first-order chi connectivity index (χ1) is 12.2. The SMILES string of the molecule is Cc1cccc(N2CCN(C(=O)CN(CCN(C)C)S(C)(=O)=O)CC2)c1. The molecule has 7 nitrogen and oxygen atoms in total. The number of benzene rings is 1. The summed E-state index contributed by atoms with van der Waals surface area (Å²) in [5.74, 6) is -0.127. The third kappa shape index (κ3) is 5.96. The Kier molecular flexibility index (Phi) is 7.02. The molecule has 1 aliphatic rings. The number of aryl methyl sites for hydroxylation is 1. The molecule has 0 unspecified atom stereocenters. The Hall–Kier alpha value is -1.64. The van der Waals surface area contributed by atoms with E-state index in [1.165, 1.54) is 15.6 Å². The predicted molar refractivity (Wildman–Crippen MR) is 105 cm³/mol. The van der Waals surface area contributed by atoms with Crippen LogP contribution in [0.3, 0.4) is 0 Å². The number of hydrogen-bond donors (Lipinski definition) is 0. The summed E-state index contributed by atoms with van der Waals surface area (Å²) >= 11 is 0. The van der Waals surface area contributed by atoms with Gasteiger partial charge in [0.15, 0.2) is 0 Å². The van der Waals surface area contributed by atoms with Crippen LogP contribution in [0.25, 0.3) is 0 Å². The number of rotatable bonds is 7. The van der Waals surface area contributed by atoms with Crippen LogP contribution >= 0.6 is 0 Å². The first kappa shape index (κ1) is 20.7. The topological polar surface area (TPSA) is 64.2 Å². The van der Waals surface area contributed by atoms with Crippen molar-refractivity contribution in [3.63, 3.8) is 0 Å². The lowest BCUT2D eigenvalue weighted by Crippen LogP contribution is -2.52. The lowest BCUT2D eigenvalue weighted by Gasteiger charge is -2.37. The number of hydrogen-bond acceptors (Lipinski definition) is 5. The van der Waals surface area contributed by atoms with Gasteiger partial charge in [-0.3, -0.25) is 4.79 Å². The van der Waals surface area contributed by atoms with Gasteiger partial charge < -0.3 is 14.7 Å². The van der Waals surface area contributed by atoms with Crippen molar-refractivity contribution in [2.45, 2.75) is 6.92 Å². The van der Waals surface area contributed by atoms with Crippen molar-refractivity contribution in [2.75, 3.05) is 71.1 Å². The van der Waals surface area contributed by atoms with E-state index in [9.17, 15) is 13.2 Å². The Morgan fingerprint density at radius 3 is 2.31 bits per heavy atom. The van der Waals surface area contributed by atoms with Crippen LogP contribution in [0.2, 0.25) is 0 Å². The van der Waals surface area contributed by atoms with Crippen LogP contribution in [0.5, 0.6) is 0 Å².